The van der Waals surface area contributed by atoms with Crippen molar-refractivity contribution >= 4 is 17.9 Å². The van der Waals surface area contributed by atoms with Crippen molar-refractivity contribution in [2.24, 2.45) is 5.92 Å². The second kappa shape index (κ2) is 8.31. The number of hydrogen-bond donors (Lipinski definition) is 2. The molecule has 0 saturated carbocycles. The lowest BCUT2D eigenvalue weighted by molar-refractivity contribution is -0.128. The predicted molar refractivity (Wildman–Crippen MR) is 97.6 cm³/mol. The molecule has 25 heavy (non-hydrogen) atoms. The molecule has 0 bridgehead atoms. The molecular weight excluding hydrogens is 320 g/mol. The molecule has 2 N–H and O–H groups in total. The Kier molecular flexibility index (Phi) is 6.39. The van der Waals surface area contributed by atoms with E-state index >= 15 is 0 Å². The number of allylic oxidation sites excluding steroid dienone is 1. The summed E-state index contributed by atoms with van der Waals surface area (Å²) in [6, 6.07) is 0. The Labute approximate surface area is 149 Å². The molecule has 1 amide bonds. The van der Waals surface area contributed by atoms with Gasteiger partial charge in [0.15, 0.2) is 0 Å². The zero-order chi connectivity index (χ0) is 18.4. The van der Waals surface area contributed by atoms with Crippen LogP contribution in [0.1, 0.15) is 32.3 Å². The van der Waals surface area contributed by atoms with Gasteiger partial charge in [0, 0.05) is 19.3 Å². The first kappa shape index (κ1) is 19.2. The quantitative estimate of drug-likeness (QED) is 0.763. The zero-order valence-corrected chi connectivity index (χ0v) is 15.5. The van der Waals surface area contributed by atoms with E-state index in [1.54, 1.807) is 13.3 Å². The highest BCUT2D eigenvalue weighted by Gasteiger charge is 2.32. The summed E-state index contributed by atoms with van der Waals surface area (Å²) in [5.41, 5.74) is 0.0761. The number of rotatable bonds is 6. The lowest BCUT2D eigenvalue weighted by atomic mass is 10.0. The van der Waals surface area contributed by atoms with E-state index in [4.69, 9.17) is 9.47 Å². The minimum absolute atomic E-state index is 0.0541. The molecule has 7 nitrogen and oxygen atoms in total. The first-order valence-corrected chi connectivity index (χ1v) is 8.45. The Bertz CT molecular complexity index is 641. The van der Waals surface area contributed by atoms with Gasteiger partial charge in [-0.1, -0.05) is 12.7 Å². The molecule has 1 aliphatic heterocycles. The van der Waals surface area contributed by atoms with Crippen LogP contribution in [0, 0.1) is 5.92 Å². The molecule has 1 aromatic heterocycles. The molecule has 0 spiro atoms. The minimum Gasteiger partial charge on any atom is -0.495 e. The molecular formula is C18H28N4O3. The number of aromatic nitrogens is 2. The van der Waals surface area contributed by atoms with Gasteiger partial charge < -0.3 is 20.1 Å². The molecule has 0 aliphatic carbocycles. The van der Waals surface area contributed by atoms with E-state index in [-0.39, 0.29) is 11.8 Å². The maximum atomic E-state index is 12.7. The Morgan fingerprint density at radius 3 is 3.04 bits per heavy atom. The van der Waals surface area contributed by atoms with Gasteiger partial charge in [-0.25, -0.2) is 4.98 Å². The molecule has 1 fully saturated rings. The molecule has 0 radical (unpaired) electrons. The SMILES string of the molecule is C=C(OC)c1cnc(C(C)(C)NC(=O)C2CNCCOC2)n1/C=C\C. The average Bonchev–Trinajstić information content (AvgIpc) is 2.81. The fourth-order valence-corrected chi connectivity index (χ4v) is 2.77. The smallest absolute Gasteiger partial charge is 0.227 e. The largest absolute Gasteiger partial charge is 0.495 e. The van der Waals surface area contributed by atoms with E-state index in [1.165, 1.54) is 0 Å². The molecule has 1 aliphatic rings. The normalized spacial score (nSPS) is 18.8. The van der Waals surface area contributed by atoms with E-state index in [9.17, 15) is 4.79 Å². The first-order valence-electron chi connectivity index (χ1n) is 8.45. The van der Waals surface area contributed by atoms with Crippen LogP contribution in [-0.2, 0) is 19.8 Å². The number of hydrogen-bond acceptors (Lipinski definition) is 5. The van der Waals surface area contributed by atoms with Crippen molar-refractivity contribution in [1.82, 2.24) is 20.2 Å². The van der Waals surface area contributed by atoms with Crippen LogP contribution in [0.2, 0.25) is 0 Å². The van der Waals surface area contributed by atoms with Gasteiger partial charge in [0.2, 0.25) is 5.91 Å². The van der Waals surface area contributed by atoms with Gasteiger partial charge in [-0.05, 0) is 20.8 Å². The minimum atomic E-state index is -0.671. The van der Waals surface area contributed by atoms with Crippen LogP contribution in [0.4, 0.5) is 0 Å². The van der Waals surface area contributed by atoms with Gasteiger partial charge in [0.05, 0.1) is 38.0 Å². The van der Waals surface area contributed by atoms with Crippen molar-refractivity contribution in [1.29, 1.82) is 0 Å². The highest BCUT2D eigenvalue weighted by atomic mass is 16.5. The van der Waals surface area contributed by atoms with Crippen molar-refractivity contribution in [3.63, 3.8) is 0 Å². The lowest BCUT2D eigenvalue weighted by Gasteiger charge is -2.28. The molecule has 138 valence electrons. The number of methoxy groups -OCH3 is 1. The number of nitrogens with one attached hydrogen (secondary N) is 2. The molecule has 2 rings (SSSR count). The molecule has 1 unspecified atom stereocenters. The predicted octanol–water partition coefficient (Wildman–Crippen LogP) is 1.58. The highest BCUT2D eigenvalue weighted by molar-refractivity contribution is 5.80. The Balaban J connectivity index is 2.24. The van der Waals surface area contributed by atoms with Gasteiger partial charge in [-0.2, -0.15) is 0 Å². The van der Waals surface area contributed by atoms with Crippen molar-refractivity contribution < 1.29 is 14.3 Å². The van der Waals surface area contributed by atoms with Gasteiger partial charge in [-0.15, -0.1) is 0 Å². The number of amides is 1. The number of nitrogens with zero attached hydrogens (tertiary/aromatic N) is 2. The molecule has 0 aromatic carbocycles. The molecule has 7 heteroatoms. The number of carbonyl (C=O) groups excluding carboxylic acids is 1. The summed E-state index contributed by atoms with van der Waals surface area (Å²) in [6.45, 7) is 12.1. The van der Waals surface area contributed by atoms with E-state index in [1.807, 2.05) is 37.6 Å². The molecule has 1 saturated heterocycles. The lowest BCUT2D eigenvalue weighted by Crippen LogP contribution is -2.47. The van der Waals surface area contributed by atoms with Gasteiger partial charge >= 0.3 is 0 Å². The first-order chi connectivity index (χ1) is 11.9. The van der Waals surface area contributed by atoms with Crippen molar-refractivity contribution in [2.45, 2.75) is 26.3 Å². The Morgan fingerprint density at radius 1 is 1.60 bits per heavy atom. The van der Waals surface area contributed by atoms with E-state index in [2.05, 4.69) is 22.2 Å². The van der Waals surface area contributed by atoms with Crippen LogP contribution in [0.5, 0.6) is 0 Å². The summed E-state index contributed by atoms with van der Waals surface area (Å²) < 4.78 is 12.6. The fraction of sp³-hybridized carbons (Fsp3) is 0.556. The summed E-state index contributed by atoms with van der Waals surface area (Å²) >= 11 is 0. The summed E-state index contributed by atoms with van der Waals surface area (Å²) in [5, 5.41) is 6.31. The van der Waals surface area contributed by atoms with E-state index in [0.29, 0.717) is 31.3 Å². The Morgan fingerprint density at radius 2 is 2.36 bits per heavy atom. The highest BCUT2D eigenvalue weighted by Crippen LogP contribution is 2.25. The maximum Gasteiger partial charge on any atom is 0.227 e. The summed E-state index contributed by atoms with van der Waals surface area (Å²) in [4.78, 5) is 17.2. The third kappa shape index (κ3) is 4.49. The standard InChI is InChI=1S/C18H28N4O3/c1-6-8-22-15(13(2)24-5)11-20-17(22)18(3,4)21-16(23)14-10-19-7-9-25-12-14/h6,8,11,14,19H,2,7,9-10,12H2,1,3-5H3,(H,21,23)/b8-6-. The fourth-order valence-electron chi connectivity index (χ4n) is 2.77. The summed E-state index contributed by atoms with van der Waals surface area (Å²) in [7, 11) is 1.57. The molecule has 1 atom stereocenters. The zero-order valence-electron chi connectivity index (χ0n) is 15.5. The third-order valence-electron chi connectivity index (χ3n) is 4.13. The van der Waals surface area contributed by atoms with E-state index in [0.717, 1.165) is 12.2 Å². The van der Waals surface area contributed by atoms with Gasteiger partial charge in [0.25, 0.3) is 0 Å². The van der Waals surface area contributed by atoms with Crippen molar-refractivity contribution in [3.05, 3.63) is 30.4 Å². The number of carbonyl (C=O) groups is 1. The monoisotopic (exact) mass is 348 g/mol. The summed E-state index contributed by atoms with van der Waals surface area (Å²) in [6.07, 6.45) is 5.48. The van der Waals surface area contributed by atoms with Crippen LogP contribution >= 0.6 is 0 Å². The second-order valence-electron chi connectivity index (χ2n) is 6.54. The average molecular weight is 348 g/mol. The van der Waals surface area contributed by atoms with Crippen LogP contribution in [-0.4, -0.2) is 48.9 Å². The van der Waals surface area contributed by atoms with E-state index < -0.39 is 5.54 Å². The number of ether oxygens (including phenoxy) is 2. The second-order valence-corrected chi connectivity index (χ2v) is 6.54. The van der Waals surface area contributed by atoms with Crippen LogP contribution in [0.3, 0.4) is 0 Å². The van der Waals surface area contributed by atoms with Crippen LogP contribution in [0.15, 0.2) is 18.9 Å². The van der Waals surface area contributed by atoms with Crippen LogP contribution in [0.25, 0.3) is 12.0 Å². The third-order valence-corrected chi connectivity index (χ3v) is 4.13. The Hall–Kier alpha value is -2.12. The molecule has 1 aromatic rings. The van der Waals surface area contributed by atoms with Crippen LogP contribution < -0.4 is 10.6 Å². The van der Waals surface area contributed by atoms with Crippen molar-refractivity contribution in [2.75, 3.05) is 33.4 Å². The molecule has 2 heterocycles. The maximum absolute atomic E-state index is 12.7. The number of imidazole rings is 1. The summed E-state index contributed by atoms with van der Waals surface area (Å²) in [5.74, 6) is 0.942. The topological polar surface area (TPSA) is 77.4 Å². The van der Waals surface area contributed by atoms with Crippen molar-refractivity contribution in [3.8, 4) is 0 Å². The van der Waals surface area contributed by atoms with Gasteiger partial charge in [-0.3, -0.25) is 9.36 Å². The van der Waals surface area contributed by atoms with Gasteiger partial charge in [0.1, 0.15) is 17.3 Å².